The zero-order valence-electron chi connectivity index (χ0n) is 11.5. The number of carboxylic acid groups (broad SMARTS) is 1. The van der Waals surface area contributed by atoms with Crippen molar-refractivity contribution in [3.8, 4) is 5.75 Å². The number of carboxylic acids is 1. The van der Waals surface area contributed by atoms with Gasteiger partial charge in [-0.05, 0) is 30.5 Å². The summed E-state index contributed by atoms with van der Waals surface area (Å²) >= 11 is 0. The Morgan fingerprint density at radius 3 is 2.40 bits per heavy atom. The number of benzene rings is 1. The van der Waals surface area contributed by atoms with Crippen LogP contribution < -0.4 is 10.1 Å². The topological polar surface area (TPSA) is 75.6 Å². The smallest absolute Gasteiger partial charge is 0.305 e. The lowest BCUT2D eigenvalue weighted by atomic mass is 9.64. The summed E-state index contributed by atoms with van der Waals surface area (Å²) in [6.07, 6.45) is 2.57. The Morgan fingerprint density at radius 1 is 1.30 bits per heavy atom. The minimum atomic E-state index is -0.905. The van der Waals surface area contributed by atoms with Crippen molar-refractivity contribution in [1.82, 2.24) is 5.32 Å². The summed E-state index contributed by atoms with van der Waals surface area (Å²) in [5, 5.41) is 11.3. The molecule has 0 unspecified atom stereocenters. The summed E-state index contributed by atoms with van der Waals surface area (Å²) in [6.45, 7) is 0.173. The number of nitrogens with one attached hydrogen (secondary N) is 1. The van der Waals surface area contributed by atoms with Gasteiger partial charge in [-0.25, -0.2) is 0 Å². The van der Waals surface area contributed by atoms with Crippen molar-refractivity contribution in [2.45, 2.75) is 31.1 Å². The van der Waals surface area contributed by atoms with Crippen molar-refractivity contribution in [3.05, 3.63) is 29.8 Å². The van der Waals surface area contributed by atoms with E-state index in [9.17, 15) is 9.59 Å². The molecule has 0 bridgehead atoms. The molecule has 20 heavy (non-hydrogen) atoms. The molecule has 2 rings (SSSR count). The highest BCUT2D eigenvalue weighted by molar-refractivity contribution is 5.89. The number of ether oxygens (including phenoxy) is 1. The van der Waals surface area contributed by atoms with Gasteiger partial charge >= 0.3 is 5.97 Å². The van der Waals surface area contributed by atoms with Gasteiger partial charge < -0.3 is 15.2 Å². The van der Waals surface area contributed by atoms with Gasteiger partial charge in [-0.2, -0.15) is 0 Å². The Kier molecular flexibility index (Phi) is 4.27. The molecule has 5 nitrogen and oxygen atoms in total. The molecule has 1 aromatic rings. The van der Waals surface area contributed by atoms with Crippen molar-refractivity contribution < 1.29 is 19.4 Å². The fourth-order valence-electron chi connectivity index (χ4n) is 2.54. The van der Waals surface area contributed by atoms with Gasteiger partial charge in [0.05, 0.1) is 18.9 Å². The van der Waals surface area contributed by atoms with E-state index in [-0.39, 0.29) is 18.9 Å². The third-order valence-corrected chi connectivity index (χ3v) is 3.91. The van der Waals surface area contributed by atoms with Crippen LogP contribution in [0.5, 0.6) is 5.75 Å². The van der Waals surface area contributed by atoms with E-state index in [4.69, 9.17) is 9.84 Å². The van der Waals surface area contributed by atoms with Crippen molar-refractivity contribution in [1.29, 1.82) is 0 Å². The number of carbonyl (C=O) groups is 2. The summed E-state index contributed by atoms with van der Waals surface area (Å²) in [6, 6.07) is 7.52. The van der Waals surface area contributed by atoms with Gasteiger partial charge in [0.1, 0.15) is 5.75 Å². The van der Waals surface area contributed by atoms with Crippen LogP contribution in [-0.4, -0.2) is 30.6 Å². The SMILES string of the molecule is COc1ccc(C2(C(=O)NCCC(=O)O)CCC2)cc1. The summed E-state index contributed by atoms with van der Waals surface area (Å²) in [5.41, 5.74) is 0.475. The van der Waals surface area contributed by atoms with Gasteiger partial charge in [0.25, 0.3) is 0 Å². The lowest BCUT2D eigenvalue weighted by Crippen LogP contribution is -2.49. The molecular formula is C15H19NO4. The van der Waals surface area contributed by atoms with Crippen LogP contribution in [-0.2, 0) is 15.0 Å². The standard InChI is InChI=1S/C15H19NO4/c1-20-12-5-3-11(4-6-12)15(8-2-9-15)14(19)16-10-7-13(17)18/h3-6H,2,7-10H2,1H3,(H,16,19)(H,17,18). The molecule has 0 spiro atoms. The van der Waals surface area contributed by atoms with E-state index >= 15 is 0 Å². The van der Waals surface area contributed by atoms with Gasteiger partial charge in [0, 0.05) is 6.54 Å². The molecule has 1 saturated carbocycles. The molecule has 5 heteroatoms. The molecule has 0 atom stereocenters. The minimum absolute atomic E-state index is 0.0512. The number of hydrogen-bond acceptors (Lipinski definition) is 3. The number of amides is 1. The predicted molar refractivity (Wildman–Crippen MR) is 73.8 cm³/mol. The maximum absolute atomic E-state index is 12.3. The van der Waals surface area contributed by atoms with Crippen LogP contribution in [0.3, 0.4) is 0 Å². The van der Waals surface area contributed by atoms with E-state index in [1.807, 2.05) is 24.3 Å². The van der Waals surface area contributed by atoms with Crippen LogP contribution >= 0.6 is 0 Å². The van der Waals surface area contributed by atoms with Crippen LogP contribution in [0.15, 0.2) is 24.3 Å². The molecule has 0 aromatic heterocycles. The number of methoxy groups -OCH3 is 1. The first kappa shape index (κ1) is 14.4. The molecule has 1 amide bonds. The second-order valence-corrected chi connectivity index (χ2v) is 5.06. The van der Waals surface area contributed by atoms with Crippen molar-refractivity contribution >= 4 is 11.9 Å². The second kappa shape index (κ2) is 5.94. The first-order chi connectivity index (χ1) is 9.58. The largest absolute Gasteiger partial charge is 0.497 e. The van der Waals surface area contributed by atoms with Gasteiger partial charge in [-0.3, -0.25) is 9.59 Å². The van der Waals surface area contributed by atoms with E-state index in [1.165, 1.54) is 0 Å². The molecule has 108 valence electrons. The lowest BCUT2D eigenvalue weighted by molar-refractivity contribution is -0.137. The average Bonchev–Trinajstić information content (AvgIpc) is 2.38. The Bertz CT molecular complexity index is 491. The van der Waals surface area contributed by atoms with E-state index in [0.29, 0.717) is 0 Å². The number of hydrogen-bond donors (Lipinski definition) is 2. The monoisotopic (exact) mass is 277 g/mol. The van der Waals surface area contributed by atoms with Crippen molar-refractivity contribution in [3.63, 3.8) is 0 Å². The molecule has 2 N–H and O–H groups in total. The third kappa shape index (κ3) is 2.76. The van der Waals surface area contributed by atoms with Crippen LogP contribution in [0.1, 0.15) is 31.2 Å². The van der Waals surface area contributed by atoms with Crippen LogP contribution in [0.25, 0.3) is 0 Å². The normalized spacial score (nSPS) is 16.1. The van der Waals surface area contributed by atoms with Gasteiger partial charge in [-0.1, -0.05) is 18.6 Å². The molecule has 0 radical (unpaired) electrons. The van der Waals surface area contributed by atoms with Gasteiger partial charge in [0.15, 0.2) is 0 Å². The average molecular weight is 277 g/mol. The van der Waals surface area contributed by atoms with E-state index < -0.39 is 11.4 Å². The summed E-state index contributed by atoms with van der Waals surface area (Å²) in [5.74, 6) is -0.220. The van der Waals surface area contributed by atoms with Crippen LogP contribution in [0, 0.1) is 0 Å². The molecule has 1 aromatic carbocycles. The fraction of sp³-hybridized carbons (Fsp3) is 0.467. The lowest BCUT2D eigenvalue weighted by Gasteiger charge is -2.40. The number of rotatable bonds is 6. The van der Waals surface area contributed by atoms with Gasteiger partial charge in [-0.15, -0.1) is 0 Å². The quantitative estimate of drug-likeness (QED) is 0.830. The Hall–Kier alpha value is -2.04. The highest BCUT2D eigenvalue weighted by atomic mass is 16.5. The first-order valence-corrected chi connectivity index (χ1v) is 6.73. The fourth-order valence-corrected chi connectivity index (χ4v) is 2.54. The minimum Gasteiger partial charge on any atom is -0.497 e. The summed E-state index contributed by atoms with van der Waals surface area (Å²) in [7, 11) is 1.60. The highest BCUT2D eigenvalue weighted by Gasteiger charge is 2.45. The molecule has 1 fully saturated rings. The van der Waals surface area contributed by atoms with Crippen LogP contribution in [0.4, 0.5) is 0 Å². The van der Waals surface area contributed by atoms with Crippen LogP contribution in [0.2, 0.25) is 0 Å². The number of aliphatic carboxylic acids is 1. The number of carbonyl (C=O) groups excluding carboxylic acids is 1. The second-order valence-electron chi connectivity index (χ2n) is 5.06. The first-order valence-electron chi connectivity index (χ1n) is 6.73. The molecular weight excluding hydrogens is 258 g/mol. The predicted octanol–water partition coefficient (Wildman–Crippen LogP) is 1.71. The zero-order valence-corrected chi connectivity index (χ0v) is 11.5. The van der Waals surface area contributed by atoms with E-state index in [1.54, 1.807) is 7.11 Å². The van der Waals surface area contributed by atoms with Crippen molar-refractivity contribution in [2.24, 2.45) is 0 Å². The summed E-state index contributed by atoms with van der Waals surface area (Å²) in [4.78, 5) is 22.8. The van der Waals surface area contributed by atoms with E-state index in [2.05, 4.69) is 5.32 Å². The zero-order chi connectivity index (χ0) is 14.6. The van der Waals surface area contributed by atoms with Crippen molar-refractivity contribution in [2.75, 3.05) is 13.7 Å². The van der Waals surface area contributed by atoms with E-state index in [0.717, 1.165) is 30.6 Å². The molecule has 0 aliphatic heterocycles. The Balaban J connectivity index is 2.07. The molecule has 1 aliphatic rings. The maximum Gasteiger partial charge on any atom is 0.305 e. The molecule has 1 aliphatic carbocycles. The maximum atomic E-state index is 12.3. The third-order valence-electron chi connectivity index (χ3n) is 3.91. The highest BCUT2D eigenvalue weighted by Crippen LogP contribution is 2.44. The molecule has 0 heterocycles. The van der Waals surface area contributed by atoms with Gasteiger partial charge in [0.2, 0.25) is 5.91 Å². The Labute approximate surface area is 117 Å². The summed E-state index contributed by atoms with van der Waals surface area (Å²) < 4.78 is 5.12. The Morgan fingerprint density at radius 2 is 1.95 bits per heavy atom. The molecule has 0 saturated heterocycles.